The second-order valence-electron chi connectivity index (χ2n) is 6.68. The summed E-state index contributed by atoms with van der Waals surface area (Å²) in [6.45, 7) is 8.65. The van der Waals surface area contributed by atoms with Gasteiger partial charge in [-0.05, 0) is 18.8 Å². The summed E-state index contributed by atoms with van der Waals surface area (Å²) in [5.74, 6) is 0.662. The Balaban J connectivity index is 0.00000288. The molecule has 0 aromatic carbocycles. The highest BCUT2D eigenvalue weighted by molar-refractivity contribution is 14.0. The Morgan fingerprint density at radius 1 is 1.42 bits per heavy atom. The van der Waals surface area contributed by atoms with Gasteiger partial charge in [-0.1, -0.05) is 13.8 Å². The molecule has 1 aromatic heterocycles. The first-order valence-electron chi connectivity index (χ1n) is 7.75. The van der Waals surface area contributed by atoms with Crippen molar-refractivity contribution in [3.63, 3.8) is 0 Å². The number of aryl methyl sites for hydroxylation is 1. The summed E-state index contributed by atoms with van der Waals surface area (Å²) in [6.07, 6.45) is -2.04. The van der Waals surface area contributed by atoms with Crippen molar-refractivity contribution in [3.05, 3.63) is 17.5 Å². The van der Waals surface area contributed by atoms with E-state index < -0.39 is 11.9 Å². The Morgan fingerprint density at radius 3 is 2.58 bits per heavy atom. The molecule has 138 valence electrons. The lowest BCUT2D eigenvalue weighted by molar-refractivity contribution is -0.142. The van der Waals surface area contributed by atoms with Crippen LogP contribution in [-0.2, 0) is 19.8 Å². The second-order valence-corrected chi connectivity index (χ2v) is 6.68. The molecule has 2 heterocycles. The summed E-state index contributed by atoms with van der Waals surface area (Å²) in [6, 6.07) is 0. The molecule has 5 nitrogen and oxygen atoms in total. The van der Waals surface area contributed by atoms with Crippen molar-refractivity contribution >= 4 is 29.9 Å². The van der Waals surface area contributed by atoms with Crippen LogP contribution in [-0.4, -0.2) is 40.3 Å². The number of guanidine groups is 1. The maximum atomic E-state index is 13.0. The molecule has 1 aliphatic rings. The first-order valence-corrected chi connectivity index (χ1v) is 7.75. The number of likely N-dealkylation sites (tertiary alicyclic amines) is 1. The van der Waals surface area contributed by atoms with Crippen LogP contribution >= 0.6 is 24.0 Å². The molecule has 0 unspecified atom stereocenters. The molecule has 0 saturated carbocycles. The number of alkyl halides is 3. The Kier molecular flexibility index (Phi) is 6.94. The number of nitrogens with zero attached hydrogens (tertiary/aromatic N) is 4. The lowest BCUT2D eigenvalue weighted by Crippen LogP contribution is -2.40. The SMILES string of the molecule is CCNC(=NCc1cn(C)nc1C(F)(F)F)N1CCC(C)(C)C1.I. The van der Waals surface area contributed by atoms with Crippen LogP contribution < -0.4 is 5.32 Å². The molecule has 0 amide bonds. The van der Waals surface area contributed by atoms with Gasteiger partial charge in [-0.3, -0.25) is 4.68 Å². The summed E-state index contributed by atoms with van der Waals surface area (Å²) in [5.41, 5.74) is -0.572. The lowest BCUT2D eigenvalue weighted by atomic mass is 9.93. The van der Waals surface area contributed by atoms with Crippen LogP contribution in [0.5, 0.6) is 0 Å². The fraction of sp³-hybridized carbons (Fsp3) is 0.733. The van der Waals surface area contributed by atoms with Gasteiger partial charge in [-0.25, -0.2) is 4.99 Å². The third-order valence-electron chi connectivity index (χ3n) is 3.88. The number of aliphatic imine (C=N–C) groups is 1. The van der Waals surface area contributed by atoms with Gasteiger partial charge in [0.15, 0.2) is 11.7 Å². The van der Waals surface area contributed by atoms with E-state index in [1.54, 1.807) is 0 Å². The number of hydrogen-bond donors (Lipinski definition) is 1. The Labute approximate surface area is 157 Å². The quantitative estimate of drug-likeness (QED) is 0.429. The average molecular weight is 459 g/mol. The molecule has 1 saturated heterocycles. The van der Waals surface area contributed by atoms with Crippen molar-refractivity contribution in [2.24, 2.45) is 17.5 Å². The molecule has 0 spiro atoms. The normalized spacial score (nSPS) is 17.8. The topological polar surface area (TPSA) is 45.5 Å². The molecule has 24 heavy (non-hydrogen) atoms. The highest BCUT2D eigenvalue weighted by Gasteiger charge is 2.37. The second kappa shape index (κ2) is 7.92. The first-order chi connectivity index (χ1) is 10.6. The minimum atomic E-state index is -4.46. The van der Waals surface area contributed by atoms with Crippen molar-refractivity contribution in [1.82, 2.24) is 20.0 Å². The largest absolute Gasteiger partial charge is 0.435 e. The average Bonchev–Trinajstić information content (AvgIpc) is 2.97. The number of nitrogens with one attached hydrogen (secondary N) is 1. The van der Waals surface area contributed by atoms with Crippen molar-refractivity contribution in [3.8, 4) is 0 Å². The number of aromatic nitrogens is 2. The zero-order chi connectivity index (χ0) is 17.3. The first kappa shape index (κ1) is 21.0. The van der Waals surface area contributed by atoms with Gasteiger partial charge in [0.25, 0.3) is 0 Å². The fourth-order valence-electron chi connectivity index (χ4n) is 2.77. The van der Waals surface area contributed by atoms with Crippen molar-refractivity contribution in [1.29, 1.82) is 0 Å². The summed E-state index contributed by atoms with van der Waals surface area (Å²) >= 11 is 0. The van der Waals surface area contributed by atoms with Crippen LogP contribution in [0.15, 0.2) is 11.2 Å². The van der Waals surface area contributed by atoms with Gasteiger partial charge >= 0.3 is 6.18 Å². The van der Waals surface area contributed by atoms with Crippen molar-refractivity contribution in [2.45, 2.75) is 39.9 Å². The van der Waals surface area contributed by atoms with Gasteiger partial charge in [0.1, 0.15) is 0 Å². The van der Waals surface area contributed by atoms with Gasteiger partial charge in [-0.2, -0.15) is 18.3 Å². The molecule has 0 atom stereocenters. The van der Waals surface area contributed by atoms with E-state index in [0.717, 1.165) is 19.5 Å². The number of hydrogen-bond acceptors (Lipinski definition) is 2. The molecular weight excluding hydrogens is 434 g/mol. The van der Waals surface area contributed by atoms with Crippen LogP contribution in [0.2, 0.25) is 0 Å². The lowest BCUT2D eigenvalue weighted by Gasteiger charge is -2.23. The van der Waals surface area contributed by atoms with Crippen LogP contribution in [0.3, 0.4) is 0 Å². The summed E-state index contributed by atoms with van der Waals surface area (Å²) in [4.78, 5) is 6.50. The van der Waals surface area contributed by atoms with E-state index in [1.165, 1.54) is 17.9 Å². The predicted octanol–water partition coefficient (Wildman–Crippen LogP) is 3.25. The van der Waals surface area contributed by atoms with E-state index in [9.17, 15) is 13.2 Å². The van der Waals surface area contributed by atoms with E-state index in [1.807, 2.05) is 6.92 Å². The summed E-state index contributed by atoms with van der Waals surface area (Å²) < 4.78 is 40.1. The molecular formula is C15H25F3IN5. The molecule has 2 rings (SSSR count). The van der Waals surface area contributed by atoms with E-state index >= 15 is 0 Å². The minimum absolute atomic E-state index is 0. The van der Waals surface area contributed by atoms with E-state index in [-0.39, 0.29) is 41.5 Å². The minimum Gasteiger partial charge on any atom is -0.357 e. The smallest absolute Gasteiger partial charge is 0.357 e. The van der Waals surface area contributed by atoms with Gasteiger partial charge in [0.05, 0.1) is 6.54 Å². The van der Waals surface area contributed by atoms with Gasteiger partial charge in [0.2, 0.25) is 0 Å². The van der Waals surface area contributed by atoms with Crippen LogP contribution in [0.1, 0.15) is 38.4 Å². The molecule has 0 aliphatic carbocycles. The molecule has 1 aliphatic heterocycles. The van der Waals surface area contributed by atoms with E-state index in [2.05, 4.69) is 34.2 Å². The Bertz CT molecular complexity index is 580. The maximum Gasteiger partial charge on any atom is 0.435 e. The molecule has 1 fully saturated rings. The van der Waals surface area contributed by atoms with E-state index in [0.29, 0.717) is 12.5 Å². The monoisotopic (exact) mass is 459 g/mol. The Morgan fingerprint density at radius 2 is 2.08 bits per heavy atom. The third-order valence-corrected chi connectivity index (χ3v) is 3.88. The standard InChI is InChI=1S/C15H24F3N5.HI/c1-5-19-13(23-7-6-14(2,3)10-23)20-8-11-9-22(4)21-12(11)15(16,17)18;/h9H,5-8,10H2,1-4H3,(H,19,20);1H. The van der Waals surface area contributed by atoms with Gasteiger partial charge in [0, 0.05) is 38.4 Å². The zero-order valence-electron chi connectivity index (χ0n) is 14.4. The molecule has 9 heteroatoms. The summed E-state index contributed by atoms with van der Waals surface area (Å²) in [5, 5.41) is 6.68. The molecule has 0 bridgehead atoms. The summed E-state index contributed by atoms with van der Waals surface area (Å²) in [7, 11) is 1.48. The van der Waals surface area contributed by atoms with Gasteiger partial charge < -0.3 is 10.2 Å². The van der Waals surface area contributed by atoms with Crippen LogP contribution in [0, 0.1) is 5.41 Å². The zero-order valence-corrected chi connectivity index (χ0v) is 16.8. The van der Waals surface area contributed by atoms with E-state index in [4.69, 9.17) is 0 Å². The predicted molar refractivity (Wildman–Crippen MR) is 98.4 cm³/mol. The highest BCUT2D eigenvalue weighted by Crippen LogP contribution is 2.31. The fourth-order valence-corrected chi connectivity index (χ4v) is 2.77. The van der Waals surface area contributed by atoms with Gasteiger partial charge in [-0.15, -0.1) is 24.0 Å². The molecule has 0 radical (unpaired) electrons. The number of rotatable bonds is 3. The molecule has 1 N–H and O–H groups in total. The maximum absolute atomic E-state index is 13.0. The Hall–Kier alpha value is -1.00. The third kappa shape index (κ3) is 5.25. The number of halogens is 4. The van der Waals surface area contributed by atoms with Crippen molar-refractivity contribution in [2.75, 3.05) is 19.6 Å². The molecule has 1 aromatic rings. The van der Waals surface area contributed by atoms with Crippen molar-refractivity contribution < 1.29 is 13.2 Å². The van der Waals surface area contributed by atoms with Crippen LogP contribution in [0.4, 0.5) is 13.2 Å². The highest BCUT2D eigenvalue weighted by atomic mass is 127. The van der Waals surface area contributed by atoms with Crippen LogP contribution in [0.25, 0.3) is 0 Å².